The van der Waals surface area contributed by atoms with Crippen molar-refractivity contribution < 1.29 is 0 Å². The number of hydrogen-bond donors (Lipinski definition) is 1. The van der Waals surface area contributed by atoms with E-state index in [1.165, 1.54) is 76.8 Å². The van der Waals surface area contributed by atoms with Crippen molar-refractivity contribution >= 4 is 43.9 Å². The van der Waals surface area contributed by atoms with Gasteiger partial charge in [0.05, 0.1) is 5.70 Å². The minimum atomic E-state index is -0.0214. The van der Waals surface area contributed by atoms with E-state index in [-0.39, 0.29) is 5.41 Å². The zero-order chi connectivity index (χ0) is 38.5. The molecule has 0 atom stereocenters. The van der Waals surface area contributed by atoms with Gasteiger partial charge in [-0.25, -0.2) is 4.99 Å². The third kappa shape index (κ3) is 5.93. The second-order valence-electron chi connectivity index (χ2n) is 15.7. The summed E-state index contributed by atoms with van der Waals surface area (Å²) in [6, 6.07) is 67.7. The molecule has 0 saturated heterocycles. The van der Waals surface area contributed by atoms with Crippen molar-refractivity contribution in [1.82, 2.24) is 0 Å². The first kappa shape index (κ1) is 34.5. The number of rotatable bonds is 7. The standard InChI is InChI=1S/C55H42N2/c1-55(2)48-24-14-13-21-43(48)47-35-36(25-33-49(47)55)26-34-50(57-54(56)41-18-7-4-8-19-41)38-27-29-40(30-28-38)52-45-23-12-11-22-44(45)51(39-16-5-3-6-17-39)46-32-31-37-15-9-10-20-42(37)53(46)52/h3-25,27-35H,26H2,1-2H3,(H2,56,57)/b50-34-. The minimum absolute atomic E-state index is 0.0214. The van der Waals surface area contributed by atoms with E-state index in [0.717, 1.165) is 28.8 Å². The van der Waals surface area contributed by atoms with Crippen LogP contribution in [0.25, 0.3) is 71.4 Å². The molecule has 2 heteroatoms. The molecule has 57 heavy (non-hydrogen) atoms. The number of nitrogens with zero attached hydrogens (tertiary/aromatic N) is 1. The summed E-state index contributed by atoms with van der Waals surface area (Å²) in [5, 5.41) is 7.47. The van der Waals surface area contributed by atoms with Crippen LogP contribution in [0.2, 0.25) is 0 Å². The smallest absolute Gasteiger partial charge is 0.131 e. The van der Waals surface area contributed by atoms with E-state index >= 15 is 0 Å². The molecule has 1 aliphatic rings. The van der Waals surface area contributed by atoms with Crippen LogP contribution in [0.4, 0.5) is 0 Å². The van der Waals surface area contributed by atoms with Gasteiger partial charge in [0.25, 0.3) is 0 Å². The summed E-state index contributed by atoms with van der Waals surface area (Å²) >= 11 is 0. The number of aliphatic imine (C=N–C) groups is 1. The lowest BCUT2D eigenvalue weighted by molar-refractivity contribution is 0.660. The van der Waals surface area contributed by atoms with E-state index in [4.69, 9.17) is 10.7 Å². The van der Waals surface area contributed by atoms with Crippen LogP contribution in [0.15, 0.2) is 199 Å². The van der Waals surface area contributed by atoms with Gasteiger partial charge in [-0.05, 0) is 94.4 Å². The maximum atomic E-state index is 6.73. The van der Waals surface area contributed by atoms with E-state index in [0.29, 0.717) is 5.84 Å². The molecule has 0 amide bonds. The van der Waals surface area contributed by atoms with Gasteiger partial charge in [0.15, 0.2) is 0 Å². The summed E-state index contributed by atoms with van der Waals surface area (Å²) in [5.41, 5.74) is 21.0. The molecule has 9 aromatic carbocycles. The fourth-order valence-corrected chi connectivity index (χ4v) is 9.11. The Kier molecular flexibility index (Phi) is 8.42. The summed E-state index contributed by atoms with van der Waals surface area (Å²) in [4.78, 5) is 5.11. The van der Waals surface area contributed by atoms with E-state index in [1.807, 2.05) is 30.3 Å². The Labute approximate surface area is 334 Å². The van der Waals surface area contributed by atoms with Gasteiger partial charge in [-0.15, -0.1) is 0 Å². The average Bonchev–Trinajstić information content (AvgIpc) is 3.50. The number of nitrogens with two attached hydrogens (primary N) is 1. The first-order valence-corrected chi connectivity index (χ1v) is 19.8. The molecule has 10 rings (SSSR count). The van der Waals surface area contributed by atoms with E-state index in [9.17, 15) is 0 Å². The lowest BCUT2D eigenvalue weighted by Crippen LogP contribution is -2.14. The molecule has 0 aliphatic heterocycles. The maximum Gasteiger partial charge on any atom is 0.131 e. The number of allylic oxidation sites excluding steroid dienone is 1. The summed E-state index contributed by atoms with van der Waals surface area (Å²) in [6.07, 6.45) is 2.95. The highest BCUT2D eigenvalue weighted by Gasteiger charge is 2.35. The molecule has 0 aromatic heterocycles. The van der Waals surface area contributed by atoms with Crippen LogP contribution in [0.5, 0.6) is 0 Å². The number of benzene rings is 9. The van der Waals surface area contributed by atoms with Crippen molar-refractivity contribution in [1.29, 1.82) is 0 Å². The lowest BCUT2D eigenvalue weighted by Gasteiger charge is -2.21. The monoisotopic (exact) mass is 730 g/mol. The summed E-state index contributed by atoms with van der Waals surface area (Å²) in [6.45, 7) is 4.65. The maximum absolute atomic E-state index is 6.73. The second-order valence-corrected chi connectivity index (χ2v) is 15.7. The van der Waals surface area contributed by atoms with Crippen molar-refractivity contribution in [2.45, 2.75) is 25.7 Å². The Balaban J connectivity index is 1.12. The molecule has 1 aliphatic carbocycles. The fourth-order valence-electron chi connectivity index (χ4n) is 9.11. The van der Waals surface area contributed by atoms with Gasteiger partial charge < -0.3 is 5.73 Å². The zero-order valence-corrected chi connectivity index (χ0v) is 32.2. The molecule has 0 heterocycles. The van der Waals surface area contributed by atoms with Gasteiger partial charge in [-0.2, -0.15) is 0 Å². The predicted molar refractivity (Wildman–Crippen MR) is 243 cm³/mol. The van der Waals surface area contributed by atoms with E-state index in [2.05, 4.69) is 178 Å². The topological polar surface area (TPSA) is 38.4 Å². The molecule has 9 aromatic rings. The van der Waals surface area contributed by atoms with Crippen LogP contribution in [-0.4, -0.2) is 5.84 Å². The molecule has 272 valence electrons. The zero-order valence-electron chi connectivity index (χ0n) is 32.2. The molecule has 0 spiro atoms. The number of hydrogen-bond acceptors (Lipinski definition) is 1. The Hall–Kier alpha value is -7.03. The minimum Gasteiger partial charge on any atom is -0.383 e. The Morgan fingerprint density at radius 3 is 1.89 bits per heavy atom. The van der Waals surface area contributed by atoms with Crippen molar-refractivity contribution in [3.8, 4) is 33.4 Å². The number of fused-ring (bicyclic) bond motifs is 7. The fraction of sp³-hybridized carbons (Fsp3) is 0.0727. The third-order valence-electron chi connectivity index (χ3n) is 11.9. The quantitative estimate of drug-likeness (QED) is 0.0754. The average molecular weight is 731 g/mol. The first-order chi connectivity index (χ1) is 28.0. The highest BCUT2D eigenvalue weighted by Crippen LogP contribution is 2.49. The van der Waals surface area contributed by atoms with Crippen molar-refractivity contribution in [3.05, 3.63) is 222 Å². The van der Waals surface area contributed by atoms with Crippen LogP contribution < -0.4 is 5.73 Å². The van der Waals surface area contributed by atoms with Crippen LogP contribution in [0.1, 0.15) is 41.7 Å². The second kappa shape index (κ2) is 13.9. The highest BCUT2D eigenvalue weighted by atomic mass is 14.9. The van der Waals surface area contributed by atoms with Gasteiger partial charge in [-0.3, -0.25) is 0 Å². The molecular formula is C55H42N2. The normalized spacial score (nSPS) is 13.6. The molecule has 0 unspecified atom stereocenters. The lowest BCUT2D eigenvalue weighted by atomic mass is 9.82. The first-order valence-electron chi connectivity index (χ1n) is 19.8. The predicted octanol–water partition coefficient (Wildman–Crippen LogP) is 13.8. The van der Waals surface area contributed by atoms with Crippen LogP contribution in [-0.2, 0) is 11.8 Å². The van der Waals surface area contributed by atoms with Crippen molar-refractivity contribution in [3.63, 3.8) is 0 Å². The van der Waals surface area contributed by atoms with Gasteiger partial charge in [0, 0.05) is 11.0 Å². The highest BCUT2D eigenvalue weighted by molar-refractivity contribution is 6.27. The van der Waals surface area contributed by atoms with Crippen molar-refractivity contribution in [2.75, 3.05) is 0 Å². The largest absolute Gasteiger partial charge is 0.383 e. The molecular weight excluding hydrogens is 689 g/mol. The van der Waals surface area contributed by atoms with E-state index in [1.54, 1.807) is 0 Å². The summed E-state index contributed by atoms with van der Waals surface area (Å²) in [7, 11) is 0. The Morgan fingerprint density at radius 1 is 0.509 bits per heavy atom. The molecule has 0 radical (unpaired) electrons. The molecule has 2 N–H and O–H groups in total. The Bertz CT molecular complexity index is 3040. The SMILES string of the molecule is CC1(C)c2ccccc2-c2cc(C/C=C(\N=C(N)c3ccccc3)c3ccc(-c4c5ccccc5c(-c5ccccc5)c5ccc6ccccc6c45)cc3)ccc21. The molecule has 0 fully saturated rings. The summed E-state index contributed by atoms with van der Waals surface area (Å²) < 4.78 is 0. The molecule has 0 bridgehead atoms. The number of amidine groups is 1. The molecule has 2 nitrogen and oxygen atoms in total. The van der Waals surface area contributed by atoms with Crippen LogP contribution >= 0.6 is 0 Å². The van der Waals surface area contributed by atoms with Gasteiger partial charge in [0.1, 0.15) is 5.84 Å². The van der Waals surface area contributed by atoms with Gasteiger partial charge >= 0.3 is 0 Å². The third-order valence-corrected chi connectivity index (χ3v) is 11.9. The van der Waals surface area contributed by atoms with Crippen LogP contribution in [0, 0.1) is 0 Å². The van der Waals surface area contributed by atoms with Crippen LogP contribution in [0.3, 0.4) is 0 Å². The van der Waals surface area contributed by atoms with Gasteiger partial charge in [-0.1, -0.05) is 208 Å². The van der Waals surface area contributed by atoms with E-state index < -0.39 is 0 Å². The Morgan fingerprint density at radius 2 is 1.12 bits per heavy atom. The summed E-state index contributed by atoms with van der Waals surface area (Å²) in [5.74, 6) is 0.496. The van der Waals surface area contributed by atoms with Crippen molar-refractivity contribution in [2.24, 2.45) is 10.7 Å². The molecule has 0 saturated carbocycles. The van der Waals surface area contributed by atoms with Gasteiger partial charge in [0.2, 0.25) is 0 Å².